The number of benzene rings is 2. The predicted octanol–water partition coefficient (Wildman–Crippen LogP) is 4.11. The smallest absolute Gasteiger partial charge is 0.268 e. The summed E-state index contributed by atoms with van der Waals surface area (Å²) in [6.45, 7) is 3.76. The number of halogens is 1. The number of carbonyl (C=O) groups excluding carboxylic acids is 1. The van der Waals surface area contributed by atoms with Gasteiger partial charge in [-0.15, -0.1) is 0 Å². The summed E-state index contributed by atoms with van der Waals surface area (Å²) in [6.07, 6.45) is 0. The molecular formula is C18H17FN2O. The topological polar surface area (TPSA) is 44.9 Å². The van der Waals surface area contributed by atoms with Crippen molar-refractivity contribution in [3.05, 3.63) is 71.2 Å². The number of carbonyl (C=O) groups is 1. The highest BCUT2D eigenvalue weighted by Gasteiger charge is 2.17. The third kappa shape index (κ3) is 2.60. The van der Waals surface area contributed by atoms with Gasteiger partial charge in [0.05, 0.1) is 6.04 Å². The van der Waals surface area contributed by atoms with Gasteiger partial charge in [-0.1, -0.05) is 30.3 Å². The lowest BCUT2D eigenvalue weighted by molar-refractivity contribution is 0.0935. The van der Waals surface area contributed by atoms with Gasteiger partial charge in [0.15, 0.2) is 0 Å². The van der Waals surface area contributed by atoms with Gasteiger partial charge in [-0.25, -0.2) is 4.39 Å². The Morgan fingerprint density at radius 1 is 1.18 bits per heavy atom. The third-order valence-electron chi connectivity index (χ3n) is 3.89. The van der Waals surface area contributed by atoms with Crippen molar-refractivity contribution < 1.29 is 9.18 Å². The van der Waals surface area contributed by atoms with Crippen molar-refractivity contribution in [2.45, 2.75) is 19.9 Å². The van der Waals surface area contributed by atoms with Crippen LogP contribution in [0.15, 0.2) is 48.5 Å². The molecule has 0 bridgehead atoms. The van der Waals surface area contributed by atoms with E-state index in [0.29, 0.717) is 5.69 Å². The molecule has 0 aliphatic carbocycles. The number of amides is 1. The predicted molar refractivity (Wildman–Crippen MR) is 85.3 cm³/mol. The molecule has 0 saturated heterocycles. The molecule has 0 spiro atoms. The summed E-state index contributed by atoms with van der Waals surface area (Å²) in [6, 6.07) is 14.1. The Hall–Kier alpha value is -2.62. The first-order valence-electron chi connectivity index (χ1n) is 7.20. The zero-order valence-corrected chi connectivity index (χ0v) is 12.5. The normalized spacial score (nSPS) is 12.3. The van der Waals surface area contributed by atoms with Gasteiger partial charge in [-0.2, -0.15) is 0 Å². The Balaban J connectivity index is 1.88. The van der Waals surface area contributed by atoms with Crippen molar-refractivity contribution in [1.29, 1.82) is 0 Å². The first kappa shape index (κ1) is 14.3. The van der Waals surface area contributed by atoms with Gasteiger partial charge in [-0.05, 0) is 43.2 Å². The van der Waals surface area contributed by atoms with Crippen molar-refractivity contribution in [3.8, 4) is 0 Å². The molecule has 1 atom stereocenters. The van der Waals surface area contributed by atoms with E-state index in [2.05, 4.69) is 10.3 Å². The maximum Gasteiger partial charge on any atom is 0.268 e. The van der Waals surface area contributed by atoms with E-state index in [9.17, 15) is 9.18 Å². The number of nitrogens with one attached hydrogen (secondary N) is 2. The first-order chi connectivity index (χ1) is 10.6. The summed E-state index contributed by atoms with van der Waals surface area (Å²) in [7, 11) is 0. The van der Waals surface area contributed by atoms with Gasteiger partial charge in [0.1, 0.15) is 11.5 Å². The molecule has 3 aromatic rings. The van der Waals surface area contributed by atoms with Crippen molar-refractivity contribution in [3.63, 3.8) is 0 Å². The van der Waals surface area contributed by atoms with Crippen LogP contribution in [0.3, 0.4) is 0 Å². The molecule has 0 aliphatic rings. The molecule has 3 nitrogen and oxygen atoms in total. The van der Waals surface area contributed by atoms with Gasteiger partial charge in [0, 0.05) is 10.9 Å². The molecule has 0 aliphatic heterocycles. The maximum absolute atomic E-state index is 13.3. The Labute approximate surface area is 128 Å². The van der Waals surface area contributed by atoms with Crippen LogP contribution >= 0.6 is 0 Å². The second-order valence-electron chi connectivity index (χ2n) is 5.42. The lowest BCUT2D eigenvalue weighted by Gasteiger charge is -2.14. The van der Waals surface area contributed by atoms with Crippen LogP contribution in [-0.4, -0.2) is 10.9 Å². The summed E-state index contributed by atoms with van der Waals surface area (Å²) >= 11 is 0. The second-order valence-corrected chi connectivity index (χ2v) is 5.42. The van der Waals surface area contributed by atoms with Gasteiger partial charge in [0.2, 0.25) is 0 Å². The van der Waals surface area contributed by atoms with Crippen LogP contribution in [-0.2, 0) is 0 Å². The van der Waals surface area contributed by atoms with E-state index >= 15 is 0 Å². The Morgan fingerprint density at radius 3 is 2.64 bits per heavy atom. The molecule has 112 valence electrons. The quantitative estimate of drug-likeness (QED) is 0.750. The minimum absolute atomic E-state index is 0.101. The molecule has 0 unspecified atom stereocenters. The van der Waals surface area contributed by atoms with Crippen molar-refractivity contribution in [1.82, 2.24) is 10.3 Å². The number of H-pyrrole nitrogens is 1. The van der Waals surface area contributed by atoms with Gasteiger partial charge >= 0.3 is 0 Å². The SMILES string of the molecule is Cc1c(C(=O)N[C@H](C)c2ccccc2)[nH]c2ccc(F)cc12. The number of hydrogen-bond donors (Lipinski definition) is 2. The van der Waals surface area contributed by atoms with E-state index in [4.69, 9.17) is 0 Å². The summed E-state index contributed by atoms with van der Waals surface area (Å²) in [5, 5.41) is 3.70. The number of aryl methyl sites for hydroxylation is 1. The van der Waals surface area contributed by atoms with E-state index in [1.54, 1.807) is 6.07 Å². The van der Waals surface area contributed by atoms with E-state index in [-0.39, 0.29) is 17.8 Å². The average molecular weight is 296 g/mol. The van der Waals surface area contributed by atoms with E-state index in [1.807, 2.05) is 44.2 Å². The van der Waals surface area contributed by atoms with Crippen LogP contribution < -0.4 is 5.32 Å². The molecule has 1 aromatic heterocycles. The molecule has 0 fully saturated rings. The lowest BCUT2D eigenvalue weighted by atomic mass is 10.1. The summed E-state index contributed by atoms with van der Waals surface area (Å²) < 4.78 is 13.3. The number of aromatic amines is 1. The van der Waals surface area contributed by atoms with Crippen molar-refractivity contribution >= 4 is 16.8 Å². The summed E-state index contributed by atoms with van der Waals surface area (Å²) in [5.74, 6) is -0.496. The molecule has 2 aromatic carbocycles. The minimum Gasteiger partial charge on any atom is -0.350 e. The molecule has 4 heteroatoms. The van der Waals surface area contributed by atoms with Crippen LogP contribution in [0.4, 0.5) is 4.39 Å². The molecule has 1 heterocycles. The van der Waals surface area contributed by atoms with Crippen LogP contribution in [0.1, 0.15) is 34.6 Å². The Morgan fingerprint density at radius 2 is 1.91 bits per heavy atom. The Kier molecular flexibility index (Phi) is 3.67. The van der Waals surface area contributed by atoms with Crippen LogP contribution in [0, 0.1) is 12.7 Å². The van der Waals surface area contributed by atoms with Crippen LogP contribution in [0.2, 0.25) is 0 Å². The largest absolute Gasteiger partial charge is 0.350 e. The number of aromatic nitrogens is 1. The zero-order chi connectivity index (χ0) is 15.7. The summed E-state index contributed by atoms with van der Waals surface area (Å²) in [5.41, 5.74) is 3.03. The van der Waals surface area contributed by atoms with E-state index in [1.165, 1.54) is 12.1 Å². The fourth-order valence-electron chi connectivity index (χ4n) is 2.62. The fraction of sp³-hybridized carbons (Fsp3) is 0.167. The Bertz CT molecular complexity index is 824. The standard InChI is InChI=1S/C18H17FN2O/c1-11-15-10-14(19)8-9-16(15)21-17(11)18(22)20-12(2)13-6-4-3-5-7-13/h3-10,12,21H,1-2H3,(H,20,22)/t12-/m1/s1. The summed E-state index contributed by atoms with van der Waals surface area (Å²) in [4.78, 5) is 15.5. The van der Waals surface area contributed by atoms with Gasteiger partial charge in [-0.3, -0.25) is 4.79 Å². The molecule has 2 N–H and O–H groups in total. The fourth-order valence-corrected chi connectivity index (χ4v) is 2.62. The molecule has 1 amide bonds. The third-order valence-corrected chi connectivity index (χ3v) is 3.89. The highest BCUT2D eigenvalue weighted by Crippen LogP contribution is 2.23. The molecular weight excluding hydrogens is 279 g/mol. The monoisotopic (exact) mass is 296 g/mol. The lowest BCUT2D eigenvalue weighted by Crippen LogP contribution is -2.27. The number of rotatable bonds is 3. The number of hydrogen-bond acceptors (Lipinski definition) is 1. The van der Waals surface area contributed by atoms with Gasteiger partial charge in [0.25, 0.3) is 5.91 Å². The average Bonchev–Trinajstić information content (AvgIpc) is 2.85. The highest BCUT2D eigenvalue weighted by atomic mass is 19.1. The maximum atomic E-state index is 13.3. The van der Waals surface area contributed by atoms with E-state index < -0.39 is 0 Å². The van der Waals surface area contributed by atoms with Crippen molar-refractivity contribution in [2.24, 2.45) is 0 Å². The molecule has 3 rings (SSSR count). The number of fused-ring (bicyclic) bond motifs is 1. The molecule has 0 saturated carbocycles. The minimum atomic E-state index is -0.306. The molecule has 0 radical (unpaired) electrons. The van der Waals surface area contributed by atoms with Crippen LogP contribution in [0.25, 0.3) is 10.9 Å². The first-order valence-corrected chi connectivity index (χ1v) is 7.20. The zero-order valence-electron chi connectivity index (χ0n) is 12.5. The van der Waals surface area contributed by atoms with Gasteiger partial charge < -0.3 is 10.3 Å². The van der Waals surface area contributed by atoms with Crippen molar-refractivity contribution in [2.75, 3.05) is 0 Å². The van der Waals surface area contributed by atoms with Crippen LogP contribution in [0.5, 0.6) is 0 Å². The molecule has 22 heavy (non-hydrogen) atoms. The van der Waals surface area contributed by atoms with E-state index in [0.717, 1.165) is 22.0 Å². The highest BCUT2D eigenvalue weighted by molar-refractivity contribution is 6.01. The second kappa shape index (κ2) is 5.64.